The summed E-state index contributed by atoms with van der Waals surface area (Å²) in [5.41, 5.74) is 0.632. The molecule has 0 bridgehead atoms. The lowest BCUT2D eigenvalue weighted by molar-refractivity contribution is -0.139. The molecule has 2 amide bonds. The SMILES string of the molecule is C[C@H](C(=O)NC(C)(C)C)N(Cc1ccc(Br)cc1)C(=O)CSc1ccccc1. The van der Waals surface area contributed by atoms with Gasteiger partial charge >= 0.3 is 0 Å². The Morgan fingerprint density at radius 2 is 1.68 bits per heavy atom. The van der Waals surface area contributed by atoms with Gasteiger partial charge in [-0.2, -0.15) is 0 Å². The number of rotatable bonds is 7. The van der Waals surface area contributed by atoms with Crippen molar-refractivity contribution in [3.8, 4) is 0 Å². The highest BCUT2D eigenvalue weighted by Crippen LogP contribution is 2.20. The number of hydrogen-bond donors (Lipinski definition) is 1. The molecule has 0 radical (unpaired) electrons. The fourth-order valence-corrected chi connectivity index (χ4v) is 3.66. The topological polar surface area (TPSA) is 49.4 Å². The Hall–Kier alpha value is -1.79. The average molecular weight is 463 g/mol. The summed E-state index contributed by atoms with van der Waals surface area (Å²) in [4.78, 5) is 28.4. The van der Waals surface area contributed by atoms with Crippen molar-refractivity contribution in [1.29, 1.82) is 0 Å². The Balaban J connectivity index is 2.15. The monoisotopic (exact) mass is 462 g/mol. The van der Waals surface area contributed by atoms with E-state index in [9.17, 15) is 9.59 Å². The minimum Gasteiger partial charge on any atom is -0.350 e. The van der Waals surface area contributed by atoms with Gasteiger partial charge in [-0.15, -0.1) is 11.8 Å². The maximum atomic E-state index is 13.0. The third-order valence-corrected chi connectivity index (χ3v) is 5.56. The standard InChI is InChI=1S/C22H27BrN2O2S/c1-16(21(27)24-22(2,3)4)25(14-17-10-12-18(23)13-11-17)20(26)15-28-19-8-6-5-7-9-19/h5-13,16H,14-15H2,1-4H3,(H,24,27)/t16-/m1/s1. The fourth-order valence-electron chi connectivity index (χ4n) is 2.59. The van der Waals surface area contributed by atoms with Crippen molar-refractivity contribution in [2.45, 2.75) is 50.7 Å². The van der Waals surface area contributed by atoms with Gasteiger partial charge in [0.1, 0.15) is 6.04 Å². The minimum absolute atomic E-state index is 0.0617. The zero-order valence-electron chi connectivity index (χ0n) is 16.7. The number of thioether (sulfide) groups is 1. The maximum absolute atomic E-state index is 13.0. The van der Waals surface area contributed by atoms with Gasteiger partial charge in [0.2, 0.25) is 11.8 Å². The molecule has 0 saturated carbocycles. The van der Waals surface area contributed by atoms with Crippen LogP contribution in [0.15, 0.2) is 64.0 Å². The highest BCUT2D eigenvalue weighted by atomic mass is 79.9. The molecule has 2 aromatic carbocycles. The Bertz CT molecular complexity index is 788. The number of benzene rings is 2. The largest absolute Gasteiger partial charge is 0.350 e. The van der Waals surface area contributed by atoms with Gasteiger partial charge in [0, 0.05) is 21.5 Å². The van der Waals surface area contributed by atoms with E-state index in [0.717, 1.165) is 14.9 Å². The second-order valence-electron chi connectivity index (χ2n) is 7.67. The smallest absolute Gasteiger partial charge is 0.242 e. The van der Waals surface area contributed by atoms with Crippen LogP contribution in [0.5, 0.6) is 0 Å². The lowest BCUT2D eigenvalue weighted by Gasteiger charge is -2.31. The first kappa shape index (κ1) is 22.5. The molecule has 0 fully saturated rings. The van der Waals surface area contributed by atoms with E-state index >= 15 is 0 Å². The molecule has 1 N–H and O–H groups in total. The summed E-state index contributed by atoms with van der Waals surface area (Å²) < 4.78 is 0.979. The van der Waals surface area contributed by atoms with E-state index in [2.05, 4.69) is 21.2 Å². The number of carbonyl (C=O) groups excluding carboxylic acids is 2. The summed E-state index contributed by atoms with van der Waals surface area (Å²) in [7, 11) is 0. The van der Waals surface area contributed by atoms with Crippen LogP contribution >= 0.6 is 27.7 Å². The van der Waals surface area contributed by atoms with Crippen LogP contribution in [0.25, 0.3) is 0 Å². The molecular weight excluding hydrogens is 436 g/mol. The summed E-state index contributed by atoms with van der Waals surface area (Å²) in [6.07, 6.45) is 0. The first-order chi connectivity index (χ1) is 13.2. The molecule has 0 spiro atoms. The number of amides is 2. The van der Waals surface area contributed by atoms with Crippen molar-refractivity contribution >= 4 is 39.5 Å². The van der Waals surface area contributed by atoms with Crippen LogP contribution in [0, 0.1) is 0 Å². The molecule has 0 unspecified atom stereocenters. The summed E-state index contributed by atoms with van der Waals surface area (Å²) in [5, 5.41) is 2.98. The van der Waals surface area contributed by atoms with E-state index in [0.29, 0.717) is 6.54 Å². The van der Waals surface area contributed by atoms with Gasteiger partial charge in [-0.05, 0) is 57.5 Å². The average Bonchev–Trinajstić information content (AvgIpc) is 2.64. The van der Waals surface area contributed by atoms with Crippen LogP contribution in [0.4, 0.5) is 0 Å². The van der Waals surface area contributed by atoms with Crippen molar-refractivity contribution in [2.75, 3.05) is 5.75 Å². The Morgan fingerprint density at radius 1 is 1.07 bits per heavy atom. The molecule has 150 valence electrons. The van der Waals surface area contributed by atoms with Gasteiger partial charge in [0.05, 0.1) is 5.75 Å². The van der Waals surface area contributed by atoms with Crippen molar-refractivity contribution in [3.05, 3.63) is 64.6 Å². The lowest BCUT2D eigenvalue weighted by Crippen LogP contribution is -2.52. The molecule has 0 heterocycles. The van der Waals surface area contributed by atoms with Crippen LogP contribution in [0.1, 0.15) is 33.3 Å². The molecular formula is C22H27BrN2O2S. The third-order valence-electron chi connectivity index (χ3n) is 4.04. The van der Waals surface area contributed by atoms with E-state index in [1.807, 2.05) is 75.4 Å². The molecule has 0 aliphatic heterocycles. The fraction of sp³-hybridized carbons (Fsp3) is 0.364. The Morgan fingerprint density at radius 3 is 2.25 bits per heavy atom. The molecule has 28 heavy (non-hydrogen) atoms. The molecule has 6 heteroatoms. The van der Waals surface area contributed by atoms with E-state index in [1.165, 1.54) is 11.8 Å². The number of halogens is 1. The number of carbonyl (C=O) groups is 2. The predicted octanol–water partition coefficient (Wildman–Crippen LogP) is 4.87. The maximum Gasteiger partial charge on any atom is 0.242 e. The minimum atomic E-state index is -0.563. The van der Waals surface area contributed by atoms with E-state index < -0.39 is 6.04 Å². The van der Waals surface area contributed by atoms with Crippen LogP contribution in [0.3, 0.4) is 0 Å². The van der Waals surface area contributed by atoms with Crippen LogP contribution in [-0.2, 0) is 16.1 Å². The quantitative estimate of drug-likeness (QED) is 0.596. The zero-order chi connectivity index (χ0) is 20.7. The Kier molecular flexibility index (Phi) is 8.13. The summed E-state index contributed by atoms with van der Waals surface area (Å²) in [6.45, 7) is 7.97. The second kappa shape index (κ2) is 10.1. The molecule has 1 atom stereocenters. The molecule has 2 aromatic rings. The lowest BCUT2D eigenvalue weighted by atomic mass is 10.1. The van der Waals surface area contributed by atoms with Gasteiger partial charge in [0.25, 0.3) is 0 Å². The second-order valence-corrected chi connectivity index (χ2v) is 9.63. The Labute approximate surface area is 180 Å². The normalized spacial score (nSPS) is 12.3. The molecule has 2 rings (SSSR count). The first-order valence-corrected chi connectivity index (χ1v) is 11.0. The highest BCUT2D eigenvalue weighted by Gasteiger charge is 2.28. The molecule has 0 aromatic heterocycles. The van der Waals surface area contributed by atoms with Crippen molar-refractivity contribution in [1.82, 2.24) is 10.2 Å². The van der Waals surface area contributed by atoms with Crippen LogP contribution in [0.2, 0.25) is 0 Å². The van der Waals surface area contributed by atoms with E-state index in [1.54, 1.807) is 11.8 Å². The molecule has 0 aliphatic rings. The van der Waals surface area contributed by atoms with Crippen LogP contribution < -0.4 is 5.32 Å². The predicted molar refractivity (Wildman–Crippen MR) is 119 cm³/mol. The summed E-state index contributed by atoms with van der Waals surface area (Å²) in [5.74, 6) is 0.0734. The molecule has 4 nitrogen and oxygen atoms in total. The van der Waals surface area contributed by atoms with Crippen molar-refractivity contribution in [2.24, 2.45) is 0 Å². The zero-order valence-corrected chi connectivity index (χ0v) is 19.1. The van der Waals surface area contributed by atoms with Crippen molar-refractivity contribution in [3.63, 3.8) is 0 Å². The van der Waals surface area contributed by atoms with Gasteiger partial charge in [0.15, 0.2) is 0 Å². The van der Waals surface area contributed by atoms with E-state index in [4.69, 9.17) is 0 Å². The number of nitrogens with zero attached hydrogens (tertiary/aromatic N) is 1. The third kappa shape index (κ3) is 7.32. The number of hydrogen-bond acceptors (Lipinski definition) is 3. The molecule has 0 aliphatic carbocycles. The summed E-state index contributed by atoms with van der Waals surface area (Å²) >= 11 is 4.91. The van der Waals surface area contributed by atoms with Crippen LogP contribution in [-0.4, -0.2) is 34.0 Å². The highest BCUT2D eigenvalue weighted by molar-refractivity contribution is 9.10. The van der Waals surface area contributed by atoms with Crippen molar-refractivity contribution < 1.29 is 9.59 Å². The first-order valence-electron chi connectivity index (χ1n) is 9.19. The van der Waals surface area contributed by atoms with Gasteiger partial charge < -0.3 is 10.2 Å². The number of nitrogens with one attached hydrogen (secondary N) is 1. The van der Waals surface area contributed by atoms with E-state index in [-0.39, 0.29) is 23.1 Å². The van der Waals surface area contributed by atoms with Gasteiger partial charge in [-0.25, -0.2) is 0 Å². The van der Waals surface area contributed by atoms with Gasteiger partial charge in [-0.3, -0.25) is 9.59 Å². The molecule has 0 saturated heterocycles. The van der Waals surface area contributed by atoms with Gasteiger partial charge in [-0.1, -0.05) is 46.3 Å². The summed E-state index contributed by atoms with van der Waals surface area (Å²) in [6, 6.07) is 17.0.